The molecule has 2 rings (SSSR count). The third-order valence-electron chi connectivity index (χ3n) is 3.21. The van der Waals surface area contributed by atoms with Crippen LogP contribution < -0.4 is 5.90 Å². The first-order chi connectivity index (χ1) is 8.69. The van der Waals surface area contributed by atoms with E-state index in [1.165, 1.54) is 12.1 Å². The highest BCUT2D eigenvalue weighted by molar-refractivity contribution is 5.79. The summed E-state index contributed by atoms with van der Waals surface area (Å²) >= 11 is 0. The maximum Gasteiger partial charge on any atom is 0.227 e. The molecule has 4 nitrogen and oxygen atoms in total. The molecule has 0 aromatic heterocycles. The third kappa shape index (κ3) is 3.27. The first-order valence-electron chi connectivity index (χ1n) is 6.03. The first-order valence-corrected chi connectivity index (χ1v) is 6.03. The molecular formula is C13H17FN2O2. The van der Waals surface area contributed by atoms with Crippen LogP contribution in [0.25, 0.3) is 0 Å². The predicted molar refractivity (Wildman–Crippen MR) is 64.9 cm³/mol. The van der Waals surface area contributed by atoms with Crippen molar-refractivity contribution in [3.05, 3.63) is 35.6 Å². The molecule has 0 saturated carbocycles. The Labute approximate surface area is 105 Å². The van der Waals surface area contributed by atoms with Crippen molar-refractivity contribution in [3.8, 4) is 0 Å². The Morgan fingerprint density at radius 2 is 2.39 bits per heavy atom. The van der Waals surface area contributed by atoms with Crippen LogP contribution >= 0.6 is 0 Å². The van der Waals surface area contributed by atoms with Gasteiger partial charge >= 0.3 is 0 Å². The van der Waals surface area contributed by atoms with Crippen LogP contribution in [0.1, 0.15) is 12.0 Å². The molecule has 1 aromatic carbocycles. The fourth-order valence-corrected chi connectivity index (χ4v) is 2.26. The molecule has 18 heavy (non-hydrogen) atoms. The Balaban J connectivity index is 1.89. The highest BCUT2D eigenvalue weighted by Gasteiger charge is 2.26. The van der Waals surface area contributed by atoms with E-state index in [-0.39, 0.29) is 18.1 Å². The molecule has 1 amide bonds. The normalized spacial score (nSPS) is 19.2. The van der Waals surface area contributed by atoms with Gasteiger partial charge in [-0.25, -0.2) is 10.3 Å². The van der Waals surface area contributed by atoms with Gasteiger partial charge in [-0.2, -0.15) is 0 Å². The van der Waals surface area contributed by atoms with Gasteiger partial charge in [-0.1, -0.05) is 12.1 Å². The number of nitrogens with zero attached hydrogens (tertiary/aromatic N) is 1. The van der Waals surface area contributed by atoms with Crippen LogP contribution in [0.2, 0.25) is 0 Å². The molecule has 1 unspecified atom stereocenters. The van der Waals surface area contributed by atoms with Crippen LogP contribution in [0.15, 0.2) is 24.3 Å². The Kier molecular flexibility index (Phi) is 4.28. The number of likely N-dealkylation sites (tertiary alicyclic amines) is 1. The lowest BCUT2D eigenvalue weighted by Gasteiger charge is -2.16. The Hall–Kier alpha value is -1.46. The highest BCUT2D eigenvalue weighted by Crippen LogP contribution is 2.17. The summed E-state index contributed by atoms with van der Waals surface area (Å²) in [6.45, 7) is 1.87. The minimum Gasteiger partial charge on any atom is -0.342 e. The van der Waals surface area contributed by atoms with Crippen molar-refractivity contribution in [2.75, 3.05) is 19.7 Å². The molecule has 1 fully saturated rings. The van der Waals surface area contributed by atoms with E-state index in [9.17, 15) is 9.18 Å². The van der Waals surface area contributed by atoms with Crippen molar-refractivity contribution in [3.63, 3.8) is 0 Å². The number of rotatable bonds is 4. The largest absolute Gasteiger partial charge is 0.342 e. The number of nitrogens with two attached hydrogens (primary N) is 1. The van der Waals surface area contributed by atoms with Crippen LogP contribution in [0, 0.1) is 11.7 Å². The van der Waals surface area contributed by atoms with Crippen molar-refractivity contribution in [1.29, 1.82) is 0 Å². The number of benzene rings is 1. The molecule has 98 valence electrons. The molecule has 0 radical (unpaired) electrons. The van der Waals surface area contributed by atoms with Crippen molar-refractivity contribution in [2.24, 2.45) is 11.8 Å². The summed E-state index contributed by atoms with van der Waals surface area (Å²) in [6.07, 6.45) is 1.15. The van der Waals surface area contributed by atoms with Crippen molar-refractivity contribution in [2.45, 2.75) is 12.8 Å². The standard InChI is InChI=1S/C13H17FN2O2/c14-12-3-1-2-10(6-12)7-13(17)16-5-4-11(8-16)9-18-15/h1-3,6,11H,4-5,7-9,15H2. The van der Waals surface area contributed by atoms with Crippen LogP contribution in [0.3, 0.4) is 0 Å². The molecule has 1 atom stereocenters. The van der Waals surface area contributed by atoms with E-state index < -0.39 is 0 Å². The Bertz CT molecular complexity index is 425. The van der Waals surface area contributed by atoms with Gasteiger partial charge in [-0.3, -0.25) is 4.79 Å². The van der Waals surface area contributed by atoms with E-state index in [0.717, 1.165) is 13.0 Å². The second kappa shape index (κ2) is 5.93. The smallest absolute Gasteiger partial charge is 0.227 e. The van der Waals surface area contributed by atoms with Crippen LogP contribution in [0.5, 0.6) is 0 Å². The van der Waals surface area contributed by atoms with Crippen molar-refractivity contribution >= 4 is 5.91 Å². The minimum absolute atomic E-state index is 0.0279. The van der Waals surface area contributed by atoms with Crippen molar-refractivity contribution in [1.82, 2.24) is 4.90 Å². The summed E-state index contributed by atoms with van der Waals surface area (Å²) in [7, 11) is 0. The molecule has 0 spiro atoms. The number of carbonyl (C=O) groups is 1. The fourth-order valence-electron chi connectivity index (χ4n) is 2.26. The topological polar surface area (TPSA) is 55.6 Å². The molecule has 1 heterocycles. The van der Waals surface area contributed by atoms with Crippen LogP contribution in [0.4, 0.5) is 4.39 Å². The summed E-state index contributed by atoms with van der Waals surface area (Å²) in [5.41, 5.74) is 0.707. The summed E-state index contributed by atoms with van der Waals surface area (Å²) in [5, 5.41) is 0. The predicted octanol–water partition coefficient (Wildman–Crippen LogP) is 1.11. The van der Waals surface area contributed by atoms with Crippen LogP contribution in [-0.4, -0.2) is 30.5 Å². The monoisotopic (exact) mass is 252 g/mol. The second-order valence-electron chi connectivity index (χ2n) is 4.63. The highest BCUT2D eigenvalue weighted by atomic mass is 19.1. The number of halogens is 1. The maximum absolute atomic E-state index is 13.0. The molecule has 5 heteroatoms. The van der Waals surface area contributed by atoms with Crippen LogP contribution in [-0.2, 0) is 16.1 Å². The van der Waals surface area contributed by atoms with Gasteiger partial charge in [0.25, 0.3) is 0 Å². The average Bonchev–Trinajstić information content (AvgIpc) is 2.78. The molecule has 1 aliphatic heterocycles. The van der Waals surface area contributed by atoms with Gasteiger partial charge in [0.15, 0.2) is 0 Å². The summed E-state index contributed by atoms with van der Waals surface area (Å²) in [4.78, 5) is 18.4. The molecule has 1 aliphatic rings. The number of amides is 1. The summed E-state index contributed by atoms with van der Waals surface area (Å²) in [6, 6.07) is 6.15. The van der Waals surface area contributed by atoms with Gasteiger partial charge in [0.2, 0.25) is 5.91 Å². The Morgan fingerprint density at radius 3 is 3.11 bits per heavy atom. The zero-order valence-corrected chi connectivity index (χ0v) is 10.1. The lowest BCUT2D eigenvalue weighted by atomic mass is 10.1. The Morgan fingerprint density at radius 1 is 1.56 bits per heavy atom. The lowest BCUT2D eigenvalue weighted by Crippen LogP contribution is -2.30. The molecule has 1 saturated heterocycles. The van der Waals surface area contributed by atoms with E-state index in [4.69, 9.17) is 5.90 Å². The second-order valence-corrected chi connectivity index (χ2v) is 4.63. The molecule has 2 N–H and O–H groups in total. The van der Waals surface area contributed by atoms with Gasteiger partial charge in [-0.15, -0.1) is 0 Å². The quantitative estimate of drug-likeness (QED) is 0.817. The van der Waals surface area contributed by atoms with E-state index in [1.54, 1.807) is 17.0 Å². The maximum atomic E-state index is 13.0. The average molecular weight is 252 g/mol. The van der Waals surface area contributed by atoms with Gasteiger partial charge in [0.05, 0.1) is 13.0 Å². The number of hydrogen-bond donors (Lipinski definition) is 1. The molecule has 1 aromatic rings. The minimum atomic E-state index is -0.309. The van der Waals surface area contributed by atoms with Gasteiger partial charge < -0.3 is 9.74 Å². The number of hydrogen-bond acceptors (Lipinski definition) is 3. The molecule has 0 bridgehead atoms. The van der Waals surface area contributed by atoms with E-state index in [1.807, 2.05) is 0 Å². The van der Waals surface area contributed by atoms with E-state index in [0.29, 0.717) is 24.6 Å². The fraction of sp³-hybridized carbons (Fsp3) is 0.462. The zero-order chi connectivity index (χ0) is 13.0. The summed E-state index contributed by atoms with van der Waals surface area (Å²) in [5.74, 6) is 5.06. The van der Waals surface area contributed by atoms with E-state index in [2.05, 4.69) is 4.84 Å². The van der Waals surface area contributed by atoms with Gasteiger partial charge in [0, 0.05) is 19.0 Å². The van der Waals surface area contributed by atoms with E-state index >= 15 is 0 Å². The lowest BCUT2D eigenvalue weighted by molar-refractivity contribution is -0.129. The number of carbonyl (C=O) groups excluding carboxylic acids is 1. The molecular weight excluding hydrogens is 235 g/mol. The third-order valence-corrected chi connectivity index (χ3v) is 3.21. The van der Waals surface area contributed by atoms with Gasteiger partial charge in [0.1, 0.15) is 5.82 Å². The van der Waals surface area contributed by atoms with Crippen molar-refractivity contribution < 1.29 is 14.0 Å². The SMILES string of the molecule is NOCC1CCN(C(=O)Cc2cccc(F)c2)C1. The molecule has 0 aliphatic carbocycles. The summed E-state index contributed by atoms with van der Waals surface area (Å²) < 4.78 is 13.0. The first kappa shape index (κ1) is 13.0. The zero-order valence-electron chi connectivity index (χ0n) is 10.1. The van der Waals surface area contributed by atoms with Gasteiger partial charge in [-0.05, 0) is 24.1 Å².